The maximum atomic E-state index is 12.6. The van der Waals surface area contributed by atoms with Crippen molar-refractivity contribution in [3.05, 3.63) is 29.3 Å². The Labute approximate surface area is 127 Å². The molecule has 116 valence electrons. The van der Waals surface area contributed by atoms with Gasteiger partial charge < -0.3 is 10.3 Å². The molecule has 1 amide bonds. The van der Waals surface area contributed by atoms with E-state index in [2.05, 4.69) is 24.2 Å². The summed E-state index contributed by atoms with van der Waals surface area (Å²) >= 11 is 0. The first-order valence-corrected chi connectivity index (χ1v) is 7.60. The van der Waals surface area contributed by atoms with E-state index in [0.29, 0.717) is 5.92 Å². The lowest BCUT2D eigenvalue weighted by Gasteiger charge is -2.35. The summed E-state index contributed by atoms with van der Waals surface area (Å²) < 4.78 is 0. The lowest BCUT2D eigenvalue weighted by Crippen LogP contribution is -2.49. The number of nitrogens with zero attached hydrogens (tertiary/aromatic N) is 2. The molecular weight excluding hydrogens is 264 g/mol. The summed E-state index contributed by atoms with van der Waals surface area (Å²) in [6, 6.07) is 5.60. The first-order chi connectivity index (χ1) is 10.0. The second-order valence-electron chi connectivity index (χ2n) is 6.16. The number of nitrogens with one attached hydrogen (secondary N) is 1. The summed E-state index contributed by atoms with van der Waals surface area (Å²) in [6.45, 7) is 11.1. The van der Waals surface area contributed by atoms with Crippen molar-refractivity contribution in [1.29, 1.82) is 0 Å². The molecule has 0 bridgehead atoms. The number of carbonyl (C=O) groups excluding carboxylic acids is 1. The van der Waals surface area contributed by atoms with Gasteiger partial charge in [-0.15, -0.1) is 0 Å². The number of hydrazine groups is 1. The number of hydrogen-bond donors (Lipinski definition) is 2. The molecule has 2 rings (SSSR count). The van der Waals surface area contributed by atoms with Crippen LogP contribution in [-0.4, -0.2) is 48.4 Å². The highest BCUT2D eigenvalue weighted by Crippen LogP contribution is 2.17. The molecule has 0 aromatic heterocycles. The summed E-state index contributed by atoms with van der Waals surface area (Å²) in [6.07, 6.45) is 0. The number of hydrogen-bond acceptors (Lipinski definition) is 4. The second-order valence-corrected chi connectivity index (χ2v) is 6.16. The molecule has 3 N–H and O–H groups in total. The molecule has 1 fully saturated rings. The van der Waals surface area contributed by atoms with Crippen molar-refractivity contribution in [3.8, 4) is 0 Å². The van der Waals surface area contributed by atoms with E-state index in [9.17, 15) is 4.79 Å². The van der Waals surface area contributed by atoms with Gasteiger partial charge in [0, 0.05) is 44.0 Å². The van der Waals surface area contributed by atoms with Crippen molar-refractivity contribution in [2.75, 3.05) is 38.1 Å². The van der Waals surface area contributed by atoms with Gasteiger partial charge in [-0.3, -0.25) is 15.5 Å². The first kappa shape index (κ1) is 15.8. The van der Waals surface area contributed by atoms with Crippen molar-refractivity contribution in [1.82, 2.24) is 9.80 Å². The first-order valence-electron chi connectivity index (χ1n) is 7.60. The molecule has 21 heavy (non-hydrogen) atoms. The van der Waals surface area contributed by atoms with Gasteiger partial charge in [0.25, 0.3) is 5.91 Å². The SMILES string of the molecule is Cc1cc(NN)ccc1C(=O)N1CCN(CC(C)C)CC1. The highest BCUT2D eigenvalue weighted by molar-refractivity contribution is 5.96. The van der Waals surface area contributed by atoms with Crippen LogP contribution in [0.2, 0.25) is 0 Å². The van der Waals surface area contributed by atoms with Crippen LogP contribution in [0.1, 0.15) is 29.8 Å². The number of rotatable bonds is 4. The zero-order chi connectivity index (χ0) is 15.4. The van der Waals surface area contributed by atoms with Crippen molar-refractivity contribution in [3.63, 3.8) is 0 Å². The molecule has 1 aliphatic rings. The van der Waals surface area contributed by atoms with Crippen molar-refractivity contribution >= 4 is 11.6 Å². The van der Waals surface area contributed by atoms with Crippen LogP contribution in [0.5, 0.6) is 0 Å². The minimum absolute atomic E-state index is 0.125. The van der Waals surface area contributed by atoms with E-state index in [0.717, 1.165) is 49.5 Å². The van der Waals surface area contributed by atoms with E-state index >= 15 is 0 Å². The molecule has 0 radical (unpaired) electrons. The highest BCUT2D eigenvalue weighted by Gasteiger charge is 2.23. The third-order valence-corrected chi connectivity index (χ3v) is 3.91. The molecule has 0 spiro atoms. The number of benzene rings is 1. The minimum atomic E-state index is 0.125. The summed E-state index contributed by atoms with van der Waals surface area (Å²) in [5.41, 5.74) is 5.16. The Morgan fingerprint density at radius 3 is 2.48 bits per heavy atom. The average Bonchev–Trinajstić information content (AvgIpc) is 2.46. The van der Waals surface area contributed by atoms with Gasteiger partial charge in [0.2, 0.25) is 0 Å². The van der Waals surface area contributed by atoms with Crippen LogP contribution in [-0.2, 0) is 0 Å². The van der Waals surface area contributed by atoms with Gasteiger partial charge in [-0.1, -0.05) is 13.8 Å². The Kier molecular flexibility index (Phi) is 5.20. The lowest BCUT2D eigenvalue weighted by atomic mass is 10.1. The summed E-state index contributed by atoms with van der Waals surface area (Å²) in [7, 11) is 0. The number of anilines is 1. The number of piperazine rings is 1. The van der Waals surface area contributed by atoms with Crippen LogP contribution in [0.15, 0.2) is 18.2 Å². The predicted octanol–water partition coefficient (Wildman–Crippen LogP) is 1.69. The van der Waals surface area contributed by atoms with Gasteiger partial charge >= 0.3 is 0 Å². The van der Waals surface area contributed by atoms with Crippen LogP contribution >= 0.6 is 0 Å². The number of amides is 1. The molecule has 1 saturated heterocycles. The standard InChI is InChI=1S/C16H26N4O/c1-12(2)11-19-6-8-20(9-7-19)16(21)15-5-4-14(18-17)10-13(15)3/h4-5,10,12,18H,6-9,11,17H2,1-3H3. The highest BCUT2D eigenvalue weighted by atomic mass is 16.2. The van der Waals surface area contributed by atoms with Crippen molar-refractivity contribution in [2.24, 2.45) is 11.8 Å². The van der Waals surface area contributed by atoms with Gasteiger partial charge in [0.1, 0.15) is 0 Å². The van der Waals surface area contributed by atoms with Crippen LogP contribution < -0.4 is 11.3 Å². The third-order valence-electron chi connectivity index (χ3n) is 3.91. The van der Waals surface area contributed by atoms with E-state index in [1.54, 1.807) is 0 Å². The van der Waals surface area contributed by atoms with E-state index in [-0.39, 0.29) is 5.91 Å². The summed E-state index contributed by atoms with van der Waals surface area (Å²) in [5, 5.41) is 0. The molecular formula is C16H26N4O. The van der Waals surface area contributed by atoms with Crippen LogP contribution in [0.4, 0.5) is 5.69 Å². The van der Waals surface area contributed by atoms with Crippen molar-refractivity contribution in [2.45, 2.75) is 20.8 Å². The molecule has 0 saturated carbocycles. The monoisotopic (exact) mass is 290 g/mol. The topological polar surface area (TPSA) is 61.6 Å². The fraction of sp³-hybridized carbons (Fsp3) is 0.562. The molecule has 1 heterocycles. The van der Waals surface area contributed by atoms with E-state index in [1.807, 2.05) is 30.0 Å². The molecule has 5 nitrogen and oxygen atoms in total. The van der Waals surface area contributed by atoms with Crippen molar-refractivity contribution < 1.29 is 4.79 Å². The molecule has 0 atom stereocenters. The Morgan fingerprint density at radius 1 is 1.29 bits per heavy atom. The number of nitrogen functional groups attached to an aromatic ring is 1. The number of aryl methyl sites for hydroxylation is 1. The van der Waals surface area contributed by atoms with Crippen LogP contribution in [0.25, 0.3) is 0 Å². The van der Waals surface area contributed by atoms with Gasteiger partial charge in [-0.25, -0.2) is 0 Å². The van der Waals surface area contributed by atoms with Gasteiger partial charge in [-0.2, -0.15) is 0 Å². The van der Waals surface area contributed by atoms with Crippen LogP contribution in [0, 0.1) is 12.8 Å². The molecule has 5 heteroatoms. The Bertz CT molecular complexity index is 493. The van der Waals surface area contributed by atoms with E-state index in [4.69, 9.17) is 5.84 Å². The Morgan fingerprint density at radius 2 is 1.95 bits per heavy atom. The fourth-order valence-corrected chi connectivity index (χ4v) is 2.81. The maximum absolute atomic E-state index is 12.6. The normalized spacial score (nSPS) is 16.3. The maximum Gasteiger partial charge on any atom is 0.254 e. The summed E-state index contributed by atoms with van der Waals surface area (Å²) in [4.78, 5) is 17.0. The Balaban J connectivity index is 1.99. The fourth-order valence-electron chi connectivity index (χ4n) is 2.81. The molecule has 1 aromatic carbocycles. The Hall–Kier alpha value is -1.59. The number of carbonyl (C=O) groups is 1. The molecule has 0 aliphatic carbocycles. The smallest absolute Gasteiger partial charge is 0.254 e. The lowest BCUT2D eigenvalue weighted by molar-refractivity contribution is 0.0623. The quantitative estimate of drug-likeness (QED) is 0.654. The average molecular weight is 290 g/mol. The molecule has 1 aromatic rings. The second kappa shape index (κ2) is 6.91. The summed E-state index contributed by atoms with van der Waals surface area (Å²) in [5.74, 6) is 6.19. The zero-order valence-electron chi connectivity index (χ0n) is 13.2. The minimum Gasteiger partial charge on any atom is -0.336 e. The predicted molar refractivity (Wildman–Crippen MR) is 86.2 cm³/mol. The van der Waals surface area contributed by atoms with Gasteiger partial charge in [0.15, 0.2) is 0 Å². The molecule has 1 aliphatic heterocycles. The van der Waals surface area contributed by atoms with E-state index < -0.39 is 0 Å². The zero-order valence-corrected chi connectivity index (χ0v) is 13.2. The van der Waals surface area contributed by atoms with Crippen LogP contribution in [0.3, 0.4) is 0 Å². The van der Waals surface area contributed by atoms with Gasteiger partial charge in [0.05, 0.1) is 0 Å². The molecule has 0 unspecified atom stereocenters. The third kappa shape index (κ3) is 3.95. The van der Waals surface area contributed by atoms with E-state index in [1.165, 1.54) is 0 Å². The largest absolute Gasteiger partial charge is 0.336 e. The van der Waals surface area contributed by atoms with Gasteiger partial charge in [-0.05, 0) is 36.6 Å². The number of nitrogens with two attached hydrogens (primary N) is 1.